The number of aliphatic hydroxyl groups excluding tert-OH is 2. The number of benzene rings is 4. The molecule has 0 heterocycles. The van der Waals surface area contributed by atoms with Gasteiger partial charge >= 0.3 is 0 Å². The molecule has 0 aliphatic rings. The summed E-state index contributed by atoms with van der Waals surface area (Å²) in [5.41, 5.74) is 9.53. The SMILES string of the molecule is CC(C)O.CC(C)O.Cc1c(Cl)cc(C(C)C)c(O)c1Cc1c(C)c(Cl)cc(C(C)C)c1O.Cc1c(Cl)cc(C(C)C)c(O)c1Cc1c(C)c(Cl)cc(C(C)C)c1O.[Al].[Al]. The zero-order chi connectivity index (χ0) is 45.3. The molecule has 0 bridgehead atoms. The molecule has 0 atom stereocenters. The second-order valence-electron chi connectivity index (χ2n) is 16.8. The fourth-order valence-electron chi connectivity index (χ4n) is 6.22. The van der Waals surface area contributed by atoms with E-state index in [-0.39, 0.29) is 93.6 Å². The minimum absolute atomic E-state index is 0. The molecule has 0 aliphatic carbocycles. The predicted molar refractivity (Wildman–Crippen MR) is 260 cm³/mol. The van der Waals surface area contributed by atoms with Crippen molar-refractivity contribution >= 4 is 81.1 Å². The summed E-state index contributed by atoms with van der Waals surface area (Å²) in [7, 11) is 0. The monoisotopic (exact) mass is 934 g/mol. The summed E-state index contributed by atoms with van der Waals surface area (Å²) < 4.78 is 0. The van der Waals surface area contributed by atoms with Gasteiger partial charge in [-0.25, -0.2) is 0 Å². The van der Waals surface area contributed by atoms with Crippen LogP contribution in [-0.2, 0) is 12.8 Å². The predicted octanol–water partition coefficient (Wildman–Crippen LogP) is 13.7. The molecule has 6 N–H and O–H groups in total. The highest BCUT2D eigenvalue weighted by atomic mass is 35.5. The van der Waals surface area contributed by atoms with Crippen LogP contribution in [0.15, 0.2) is 24.3 Å². The summed E-state index contributed by atoms with van der Waals surface area (Å²) in [4.78, 5) is 0. The topological polar surface area (TPSA) is 121 Å². The third kappa shape index (κ3) is 16.4. The Morgan fingerprint density at radius 2 is 0.500 bits per heavy atom. The van der Waals surface area contributed by atoms with E-state index in [4.69, 9.17) is 56.6 Å². The molecule has 330 valence electrons. The lowest BCUT2D eigenvalue weighted by atomic mass is 9.88. The first-order chi connectivity index (χ1) is 26.6. The Labute approximate surface area is 402 Å². The summed E-state index contributed by atoms with van der Waals surface area (Å²) in [5.74, 6) is 1.61. The molecule has 0 aliphatic heterocycles. The van der Waals surface area contributed by atoms with Crippen LogP contribution >= 0.6 is 46.4 Å². The smallest absolute Gasteiger partial charge is 0.122 e. The van der Waals surface area contributed by atoms with Gasteiger partial charge in [0.05, 0.1) is 0 Å². The van der Waals surface area contributed by atoms with E-state index < -0.39 is 0 Å². The molecule has 4 rings (SSSR count). The van der Waals surface area contributed by atoms with Crippen molar-refractivity contribution in [3.8, 4) is 23.0 Å². The maximum absolute atomic E-state index is 10.8. The third-order valence-corrected chi connectivity index (χ3v) is 11.4. The molecular formula is C48H68Al2Cl4O6. The maximum Gasteiger partial charge on any atom is 0.122 e. The Morgan fingerprint density at radius 1 is 0.367 bits per heavy atom. The Bertz CT molecular complexity index is 1730. The zero-order valence-corrected chi connectivity index (χ0v) is 43.9. The van der Waals surface area contributed by atoms with Crippen molar-refractivity contribution in [2.45, 2.75) is 160 Å². The van der Waals surface area contributed by atoms with Crippen LogP contribution < -0.4 is 0 Å². The van der Waals surface area contributed by atoms with Crippen LogP contribution in [0.3, 0.4) is 0 Å². The number of rotatable bonds is 8. The molecular weight excluding hydrogens is 868 g/mol. The Morgan fingerprint density at radius 3 is 0.617 bits per heavy atom. The summed E-state index contributed by atoms with van der Waals surface area (Å²) in [6.07, 6.45) is 0.436. The molecule has 4 aromatic carbocycles. The summed E-state index contributed by atoms with van der Waals surface area (Å²) in [5, 5.41) is 61.7. The summed E-state index contributed by atoms with van der Waals surface area (Å²) in [6, 6.07) is 7.30. The molecule has 0 aromatic heterocycles. The summed E-state index contributed by atoms with van der Waals surface area (Å²) in [6.45, 7) is 30.6. The number of phenols is 4. The van der Waals surface area contributed by atoms with E-state index in [1.807, 2.05) is 107 Å². The Hall–Kier alpha value is -1.78. The molecule has 0 amide bonds. The summed E-state index contributed by atoms with van der Waals surface area (Å²) >= 11 is 25.6. The Balaban J connectivity index is 0. The minimum atomic E-state index is -0.167. The average molecular weight is 937 g/mol. The van der Waals surface area contributed by atoms with E-state index in [9.17, 15) is 20.4 Å². The number of halogens is 4. The highest BCUT2D eigenvalue weighted by Gasteiger charge is 2.23. The van der Waals surface area contributed by atoms with Gasteiger partial charge < -0.3 is 30.6 Å². The van der Waals surface area contributed by atoms with Gasteiger partial charge in [-0.3, -0.25) is 0 Å². The van der Waals surface area contributed by atoms with Crippen LogP contribution in [0, 0.1) is 27.7 Å². The van der Waals surface area contributed by atoms with Gasteiger partial charge in [0.2, 0.25) is 0 Å². The van der Waals surface area contributed by atoms with E-state index in [1.165, 1.54) is 0 Å². The fourth-order valence-corrected chi connectivity index (χ4v) is 7.14. The molecule has 4 aromatic rings. The van der Waals surface area contributed by atoms with Gasteiger partial charge in [-0.15, -0.1) is 0 Å². The zero-order valence-electron chi connectivity index (χ0n) is 38.5. The molecule has 6 radical (unpaired) electrons. The van der Waals surface area contributed by atoms with Gasteiger partial charge in [0, 0.05) is 102 Å². The molecule has 0 saturated heterocycles. The van der Waals surface area contributed by atoms with Crippen molar-refractivity contribution in [2.75, 3.05) is 0 Å². The maximum atomic E-state index is 10.8. The van der Waals surface area contributed by atoms with Gasteiger partial charge in [0.25, 0.3) is 0 Å². The van der Waals surface area contributed by atoms with E-state index in [2.05, 4.69) is 0 Å². The second-order valence-corrected chi connectivity index (χ2v) is 18.4. The highest BCUT2D eigenvalue weighted by molar-refractivity contribution is 6.32. The van der Waals surface area contributed by atoms with Gasteiger partial charge in [0.1, 0.15) is 23.0 Å². The minimum Gasteiger partial charge on any atom is -0.507 e. The van der Waals surface area contributed by atoms with Crippen LogP contribution in [0.2, 0.25) is 20.1 Å². The second kappa shape index (κ2) is 26.8. The number of hydrogen-bond acceptors (Lipinski definition) is 6. The molecule has 12 heteroatoms. The number of hydrogen-bond donors (Lipinski definition) is 6. The first kappa shape index (κ1) is 60.3. The van der Waals surface area contributed by atoms with Crippen molar-refractivity contribution < 1.29 is 30.6 Å². The molecule has 60 heavy (non-hydrogen) atoms. The number of aliphatic hydroxyl groups is 2. The van der Waals surface area contributed by atoms with E-state index >= 15 is 0 Å². The largest absolute Gasteiger partial charge is 0.507 e. The Kier molecular flexibility index (Phi) is 26.9. The first-order valence-electron chi connectivity index (χ1n) is 20.0. The number of phenolic OH excluding ortho intramolecular Hbond substituents is 4. The van der Waals surface area contributed by atoms with Gasteiger partial charge in [-0.2, -0.15) is 0 Å². The van der Waals surface area contributed by atoms with Crippen LogP contribution in [0.25, 0.3) is 0 Å². The van der Waals surface area contributed by atoms with Crippen LogP contribution in [0.1, 0.15) is 174 Å². The quantitative estimate of drug-likeness (QED) is 0.0979. The van der Waals surface area contributed by atoms with Gasteiger partial charge in [-0.05, 0) is 148 Å². The lowest BCUT2D eigenvalue weighted by Gasteiger charge is -2.20. The van der Waals surface area contributed by atoms with E-state index in [0.717, 1.165) is 66.8 Å². The van der Waals surface area contributed by atoms with Crippen molar-refractivity contribution in [1.29, 1.82) is 0 Å². The molecule has 0 fully saturated rings. The van der Waals surface area contributed by atoms with Crippen LogP contribution in [0.5, 0.6) is 23.0 Å². The lowest BCUT2D eigenvalue weighted by molar-refractivity contribution is 0.215. The first-order valence-corrected chi connectivity index (χ1v) is 21.5. The van der Waals surface area contributed by atoms with Crippen molar-refractivity contribution in [3.63, 3.8) is 0 Å². The third-order valence-electron chi connectivity index (χ3n) is 9.80. The normalized spacial score (nSPS) is 10.9. The standard InChI is InChI=1S/2C21H26Cl2O2.2C3H8O.2Al/c2*1-10(2)14-8-18(22)12(5)16(20(14)24)7-17-13(6)19(23)9-15(11(3)4)21(17)25;2*1-3(2)4;;/h2*8-11,24-25H,7H2,1-6H3;2*3-4H,1-2H3;;. The highest BCUT2D eigenvalue weighted by Crippen LogP contribution is 2.43. The van der Waals surface area contributed by atoms with Gasteiger partial charge in [0.15, 0.2) is 0 Å². The van der Waals surface area contributed by atoms with Crippen LogP contribution in [0.4, 0.5) is 0 Å². The van der Waals surface area contributed by atoms with Gasteiger partial charge in [-0.1, -0.05) is 102 Å². The van der Waals surface area contributed by atoms with Crippen molar-refractivity contribution in [1.82, 2.24) is 0 Å². The molecule has 0 unspecified atom stereocenters. The lowest BCUT2D eigenvalue weighted by Crippen LogP contribution is -2.03. The van der Waals surface area contributed by atoms with Crippen molar-refractivity contribution in [3.05, 3.63) is 111 Å². The fraction of sp³-hybridized carbons (Fsp3) is 0.500. The van der Waals surface area contributed by atoms with Crippen molar-refractivity contribution in [2.24, 2.45) is 0 Å². The van der Waals surface area contributed by atoms with E-state index in [1.54, 1.807) is 27.7 Å². The van der Waals surface area contributed by atoms with Crippen LogP contribution in [-0.4, -0.2) is 77.6 Å². The number of aromatic hydroxyl groups is 4. The molecule has 0 saturated carbocycles. The molecule has 0 spiro atoms. The average Bonchev–Trinajstić information content (AvgIpc) is 3.09. The van der Waals surface area contributed by atoms with E-state index in [0.29, 0.717) is 32.9 Å². The molecule has 6 nitrogen and oxygen atoms in total.